The lowest BCUT2D eigenvalue weighted by atomic mass is 10.2. The molecule has 0 unspecified atom stereocenters. The summed E-state index contributed by atoms with van der Waals surface area (Å²) in [6.07, 6.45) is 0. The van der Waals surface area contributed by atoms with Gasteiger partial charge in [-0.2, -0.15) is 0 Å². The molecule has 0 aliphatic carbocycles. The van der Waals surface area contributed by atoms with Crippen LogP contribution in [0.25, 0.3) is 0 Å². The molecule has 1 N–H and O–H groups in total. The number of ether oxygens (including phenoxy) is 1. The van der Waals surface area contributed by atoms with Crippen LogP contribution in [-0.2, 0) is 9.53 Å². The predicted octanol–water partition coefficient (Wildman–Crippen LogP) is 3.70. The third kappa shape index (κ3) is 4.43. The third-order valence-corrected chi connectivity index (χ3v) is 3.41. The van der Waals surface area contributed by atoms with Crippen LogP contribution >= 0.6 is 23.2 Å². The Labute approximate surface area is 146 Å². The number of hydrogen-bond donors (Lipinski definition) is 1. The molecule has 7 nitrogen and oxygen atoms in total. The van der Waals surface area contributed by atoms with Crippen molar-refractivity contribution in [1.82, 2.24) is 0 Å². The molecule has 2 rings (SSSR count). The van der Waals surface area contributed by atoms with Gasteiger partial charge in [-0.1, -0.05) is 35.3 Å². The number of carbonyl (C=O) groups is 2. The number of rotatable bonds is 5. The van der Waals surface area contributed by atoms with Gasteiger partial charge in [0.2, 0.25) is 0 Å². The van der Waals surface area contributed by atoms with Gasteiger partial charge >= 0.3 is 5.97 Å². The van der Waals surface area contributed by atoms with E-state index in [1.165, 1.54) is 42.5 Å². The van der Waals surface area contributed by atoms with E-state index in [0.29, 0.717) is 5.02 Å². The van der Waals surface area contributed by atoms with Gasteiger partial charge in [0, 0.05) is 11.1 Å². The fraction of sp³-hybridized carbons (Fsp3) is 0.0667. The number of anilines is 1. The van der Waals surface area contributed by atoms with E-state index >= 15 is 0 Å². The average Bonchev–Trinajstić information content (AvgIpc) is 2.53. The van der Waals surface area contributed by atoms with E-state index in [0.717, 1.165) is 0 Å². The van der Waals surface area contributed by atoms with Gasteiger partial charge in [0.05, 0.1) is 15.5 Å². The summed E-state index contributed by atoms with van der Waals surface area (Å²) in [6.45, 7) is -0.621. The van der Waals surface area contributed by atoms with Crippen LogP contribution in [0.3, 0.4) is 0 Å². The number of nitrogens with one attached hydrogen (secondary N) is 1. The number of nitro groups is 1. The zero-order valence-corrected chi connectivity index (χ0v) is 13.5. The molecular formula is C15H10Cl2N2O5. The fourth-order valence-electron chi connectivity index (χ4n) is 1.79. The standard InChI is InChI=1S/C15H10Cl2N2O5/c16-9-5-6-10(11(17)7-9)15(21)24-8-14(20)18-12-3-1-2-4-13(12)19(22)23/h1-7H,8H2,(H,18,20). The summed E-state index contributed by atoms with van der Waals surface area (Å²) in [5, 5.41) is 13.6. The Balaban J connectivity index is 1.99. The van der Waals surface area contributed by atoms with E-state index in [1.54, 1.807) is 0 Å². The van der Waals surface area contributed by atoms with Gasteiger partial charge in [-0.3, -0.25) is 14.9 Å². The highest BCUT2D eigenvalue weighted by Gasteiger charge is 2.17. The van der Waals surface area contributed by atoms with Crippen LogP contribution in [-0.4, -0.2) is 23.4 Å². The molecule has 0 saturated carbocycles. The van der Waals surface area contributed by atoms with Crippen molar-refractivity contribution in [3.05, 3.63) is 68.2 Å². The number of halogens is 2. The smallest absolute Gasteiger partial charge is 0.340 e. The van der Waals surface area contributed by atoms with Gasteiger partial charge < -0.3 is 10.1 Å². The monoisotopic (exact) mass is 368 g/mol. The van der Waals surface area contributed by atoms with Crippen LogP contribution in [0.2, 0.25) is 10.0 Å². The molecule has 0 heterocycles. The van der Waals surface area contributed by atoms with Gasteiger partial charge in [0.15, 0.2) is 6.61 Å². The Hall–Kier alpha value is -2.64. The van der Waals surface area contributed by atoms with E-state index in [9.17, 15) is 19.7 Å². The Bertz CT molecular complexity index is 810. The van der Waals surface area contributed by atoms with Gasteiger partial charge in [-0.15, -0.1) is 0 Å². The highest BCUT2D eigenvalue weighted by atomic mass is 35.5. The summed E-state index contributed by atoms with van der Waals surface area (Å²) in [5.74, 6) is -1.53. The van der Waals surface area contributed by atoms with Crippen molar-refractivity contribution in [3.8, 4) is 0 Å². The molecular weight excluding hydrogens is 359 g/mol. The number of amides is 1. The van der Waals surface area contributed by atoms with Crippen molar-refractivity contribution in [3.63, 3.8) is 0 Å². The predicted molar refractivity (Wildman–Crippen MR) is 88.5 cm³/mol. The number of hydrogen-bond acceptors (Lipinski definition) is 5. The molecule has 24 heavy (non-hydrogen) atoms. The lowest BCUT2D eigenvalue weighted by Gasteiger charge is -2.08. The molecule has 0 bridgehead atoms. The molecule has 0 aromatic heterocycles. The molecule has 2 aromatic carbocycles. The van der Waals surface area contributed by atoms with Gasteiger partial charge in [-0.05, 0) is 24.3 Å². The molecule has 0 aliphatic rings. The Kier molecular flexibility index (Phi) is 5.73. The Morgan fingerprint density at radius 3 is 2.54 bits per heavy atom. The average molecular weight is 369 g/mol. The first-order chi connectivity index (χ1) is 11.4. The minimum Gasteiger partial charge on any atom is -0.452 e. The van der Waals surface area contributed by atoms with E-state index in [1.807, 2.05) is 0 Å². The van der Waals surface area contributed by atoms with E-state index < -0.39 is 23.4 Å². The van der Waals surface area contributed by atoms with E-state index in [2.05, 4.69) is 5.32 Å². The number of benzene rings is 2. The second-order valence-corrected chi connectivity index (χ2v) is 5.37. The second-order valence-electron chi connectivity index (χ2n) is 4.52. The van der Waals surface area contributed by atoms with Crippen molar-refractivity contribution in [2.75, 3.05) is 11.9 Å². The number of esters is 1. The van der Waals surface area contributed by atoms with Gasteiger partial charge in [-0.25, -0.2) is 4.79 Å². The van der Waals surface area contributed by atoms with Crippen LogP contribution in [0.4, 0.5) is 11.4 Å². The van der Waals surface area contributed by atoms with Crippen molar-refractivity contribution >= 4 is 46.5 Å². The molecule has 0 radical (unpaired) electrons. The van der Waals surface area contributed by atoms with Gasteiger partial charge in [0.1, 0.15) is 5.69 Å². The number of nitrogens with zero attached hydrogens (tertiary/aromatic N) is 1. The molecule has 0 spiro atoms. The normalized spacial score (nSPS) is 10.1. The lowest BCUT2D eigenvalue weighted by Crippen LogP contribution is -2.21. The highest BCUT2D eigenvalue weighted by molar-refractivity contribution is 6.36. The van der Waals surface area contributed by atoms with Crippen LogP contribution in [0.5, 0.6) is 0 Å². The molecule has 2 aromatic rings. The van der Waals surface area contributed by atoms with E-state index in [-0.39, 0.29) is 22.0 Å². The minimum absolute atomic E-state index is 0.00748. The Morgan fingerprint density at radius 2 is 1.88 bits per heavy atom. The van der Waals surface area contributed by atoms with Crippen LogP contribution < -0.4 is 5.32 Å². The second kappa shape index (κ2) is 7.76. The molecule has 0 saturated heterocycles. The topological polar surface area (TPSA) is 98.5 Å². The maximum absolute atomic E-state index is 11.9. The summed E-state index contributed by atoms with van der Waals surface area (Å²) >= 11 is 11.6. The molecule has 0 atom stereocenters. The van der Waals surface area contributed by atoms with Crippen molar-refractivity contribution in [2.45, 2.75) is 0 Å². The SMILES string of the molecule is O=C(COC(=O)c1ccc(Cl)cc1Cl)Nc1ccccc1[N+](=O)[O-]. The number of carbonyl (C=O) groups excluding carboxylic acids is 2. The first-order valence-electron chi connectivity index (χ1n) is 6.54. The van der Waals surface area contributed by atoms with Crippen LogP contribution in [0, 0.1) is 10.1 Å². The quantitative estimate of drug-likeness (QED) is 0.492. The molecule has 1 amide bonds. The molecule has 9 heteroatoms. The zero-order chi connectivity index (χ0) is 17.7. The Morgan fingerprint density at radius 1 is 1.17 bits per heavy atom. The number of nitro benzene ring substituents is 1. The summed E-state index contributed by atoms with van der Waals surface area (Å²) < 4.78 is 4.83. The fourth-order valence-corrected chi connectivity index (χ4v) is 2.27. The van der Waals surface area contributed by atoms with Crippen molar-refractivity contribution in [1.29, 1.82) is 0 Å². The summed E-state index contributed by atoms with van der Waals surface area (Å²) in [6, 6.07) is 9.80. The maximum Gasteiger partial charge on any atom is 0.340 e. The first-order valence-corrected chi connectivity index (χ1v) is 7.29. The molecule has 0 aliphatic heterocycles. The minimum atomic E-state index is -0.811. The van der Waals surface area contributed by atoms with Gasteiger partial charge in [0.25, 0.3) is 11.6 Å². The van der Waals surface area contributed by atoms with Crippen LogP contribution in [0.15, 0.2) is 42.5 Å². The van der Waals surface area contributed by atoms with Crippen molar-refractivity contribution in [2.24, 2.45) is 0 Å². The maximum atomic E-state index is 11.9. The van der Waals surface area contributed by atoms with E-state index in [4.69, 9.17) is 27.9 Å². The first kappa shape index (κ1) is 17.7. The summed E-state index contributed by atoms with van der Waals surface area (Å²) in [4.78, 5) is 33.9. The largest absolute Gasteiger partial charge is 0.452 e. The summed E-state index contributed by atoms with van der Waals surface area (Å²) in [7, 11) is 0. The van der Waals surface area contributed by atoms with Crippen molar-refractivity contribution < 1.29 is 19.2 Å². The molecule has 0 fully saturated rings. The lowest BCUT2D eigenvalue weighted by molar-refractivity contribution is -0.383. The highest BCUT2D eigenvalue weighted by Crippen LogP contribution is 2.23. The third-order valence-electron chi connectivity index (χ3n) is 2.86. The van der Waals surface area contributed by atoms with Crippen LogP contribution in [0.1, 0.15) is 10.4 Å². The summed E-state index contributed by atoms with van der Waals surface area (Å²) in [5.41, 5.74) is -0.203. The molecule has 124 valence electrons. The number of para-hydroxylation sites is 2. The zero-order valence-electron chi connectivity index (χ0n) is 12.0.